The van der Waals surface area contributed by atoms with Crippen LogP contribution < -0.4 is 10.5 Å². The first kappa shape index (κ1) is 8.74. The Bertz CT molecular complexity index is 482. The summed E-state index contributed by atoms with van der Waals surface area (Å²) in [5.41, 5.74) is 8.12. The van der Waals surface area contributed by atoms with Gasteiger partial charge in [-0.15, -0.1) is 0 Å². The molecule has 0 aliphatic rings. The number of rotatable bonds is 1. The number of aromatic nitrogens is 2. The Balaban J connectivity index is 2.80. The van der Waals surface area contributed by atoms with Crippen molar-refractivity contribution in [3.05, 3.63) is 24.2 Å². The van der Waals surface area contributed by atoms with E-state index in [9.17, 15) is 0 Å². The van der Waals surface area contributed by atoms with Gasteiger partial charge in [-0.3, -0.25) is 0 Å². The van der Waals surface area contributed by atoms with E-state index < -0.39 is 0 Å². The van der Waals surface area contributed by atoms with E-state index in [0.29, 0.717) is 11.4 Å². The monoisotopic (exact) mass is 189 g/mol. The Morgan fingerprint density at radius 2 is 2.07 bits per heavy atom. The molecule has 4 nitrogen and oxygen atoms in total. The molecule has 0 fully saturated rings. The van der Waals surface area contributed by atoms with Gasteiger partial charge in [-0.25, -0.2) is 9.97 Å². The highest BCUT2D eigenvalue weighted by molar-refractivity contribution is 5.86. The van der Waals surface area contributed by atoms with E-state index in [1.54, 1.807) is 13.2 Å². The summed E-state index contributed by atoms with van der Waals surface area (Å²) >= 11 is 0. The number of nitrogen functional groups attached to an aromatic ring is 1. The fourth-order valence-electron chi connectivity index (χ4n) is 1.41. The van der Waals surface area contributed by atoms with Gasteiger partial charge < -0.3 is 10.5 Å². The fraction of sp³-hybridized carbons (Fsp3) is 0.200. The molecule has 1 aromatic heterocycles. The van der Waals surface area contributed by atoms with Crippen LogP contribution in [0.25, 0.3) is 10.9 Å². The summed E-state index contributed by atoms with van der Waals surface area (Å²) in [4.78, 5) is 8.24. The Morgan fingerprint density at radius 3 is 2.79 bits per heavy atom. The fourth-order valence-corrected chi connectivity index (χ4v) is 1.41. The molecule has 1 aromatic carbocycles. The molecule has 2 N–H and O–H groups in total. The van der Waals surface area contributed by atoms with Crippen molar-refractivity contribution in [1.82, 2.24) is 9.97 Å². The summed E-state index contributed by atoms with van der Waals surface area (Å²) in [7, 11) is 1.59. The quantitative estimate of drug-likeness (QED) is 0.691. The zero-order chi connectivity index (χ0) is 10.1. The van der Waals surface area contributed by atoms with Crippen LogP contribution in [0, 0.1) is 6.92 Å². The van der Waals surface area contributed by atoms with Gasteiger partial charge in [0.25, 0.3) is 0 Å². The molecule has 2 rings (SSSR count). The van der Waals surface area contributed by atoms with Crippen LogP contribution in [0.4, 0.5) is 5.69 Å². The third-order valence-electron chi connectivity index (χ3n) is 2.19. The maximum absolute atomic E-state index is 5.76. The number of anilines is 1. The lowest BCUT2D eigenvalue weighted by atomic mass is 10.1. The minimum atomic E-state index is 0.595. The predicted octanol–water partition coefficient (Wildman–Crippen LogP) is 1.53. The van der Waals surface area contributed by atoms with Crippen molar-refractivity contribution < 1.29 is 4.74 Å². The molecule has 0 unspecified atom stereocenters. The van der Waals surface area contributed by atoms with Crippen LogP contribution >= 0.6 is 0 Å². The van der Waals surface area contributed by atoms with Crippen LogP contribution in [-0.4, -0.2) is 17.1 Å². The highest BCUT2D eigenvalue weighted by Gasteiger charge is 2.05. The van der Waals surface area contributed by atoms with Crippen molar-refractivity contribution in [2.24, 2.45) is 0 Å². The number of nitrogens with two attached hydrogens (primary N) is 1. The van der Waals surface area contributed by atoms with Crippen LogP contribution in [0.5, 0.6) is 5.75 Å². The topological polar surface area (TPSA) is 61.0 Å². The summed E-state index contributed by atoms with van der Waals surface area (Å²) in [6, 6.07) is 3.66. The number of fused-ring (bicyclic) bond motifs is 1. The molecule has 4 heteroatoms. The zero-order valence-electron chi connectivity index (χ0n) is 8.11. The van der Waals surface area contributed by atoms with Gasteiger partial charge >= 0.3 is 0 Å². The number of hydrogen-bond donors (Lipinski definition) is 1. The molecule has 0 saturated heterocycles. The van der Waals surface area contributed by atoms with Gasteiger partial charge in [-0.1, -0.05) is 0 Å². The second-order valence-electron chi connectivity index (χ2n) is 3.07. The standard InChI is InChI=1S/C10H11N3O/c1-6-7-3-10(14-2)8(11)4-9(7)13-5-12-6/h3-5H,11H2,1-2H3. The van der Waals surface area contributed by atoms with Crippen LogP contribution in [0.1, 0.15) is 5.69 Å². The molecule has 0 aliphatic carbocycles. The van der Waals surface area contributed by atoms with E-state index in [-0.39, 0.29) is 0 Å². The molecule has 0 bridgehead atoms. The first-order chi connectivity index (χ1) is 6.72. The van der Waals surface area contributed by atoms with Crippen molar-refractivity contribution in [3.63, 3.8) is 0 Å². The number of nitrogens with zero attached hydrogens (tertiary/aromatic N) is 2. The van der Waals surface area contributed by atoms with Crippen molar-refractivity contribution in [2.75, 3.05) is 12.8 Å². The van der Waals surface area contributed by atoms with E-state index >= 15 is 0 Å². The maximum Gasteiger partial charge on any atom is 0.142 e. The summed E-state index contributed by atoms with van der Waals surface area (Å²) in [5.74, 6) is 0.662. The molecule has 14 heavy (non-hydrogen) atoms. The molecule has 0 aliphatic heterocycles. The molecule has 0 radical (unpaired) electrons. The van der Waals surface area contributed by atoms with Crippen LogP contribution in [-0.2, 0) is 0 Å². The third kappa shape index (κ3) is 1.25. The van der Waals surface area contributed by atoms with E-state index in [4.69, 9.17) is 10.5 Å². The van der Waals surface area contributed by atoms with Crippen LogP contribution in [0.2, 0.25) is 0 Å². The van der Waals surface area contributed by atoms with E-state index in [2.05, 4.69) is 9.97 Å². The maximum atomic E-state index is 5.76. The molecular formula is C10H11N3O. The molecular weight excluding hydrogens is 178 g/mol. The number of methoxy groups -OCH3 is 1. The van der Waals surface area contributed by atoms with E-state index in [1.165, 1.54) is 6.33 Å². The second kappa shape index (κ2) is 3.14. The van der Waals surface area contributed by atoms with Gasteiger partial charge in [-0.2, -0.15) is 0 Å². The largest absolute Gasteiger partial charge is 0.495 e. The summed E-state index contributed by atoms with van der Waals surface area (Å²) in [5, 5.41) is 0.971. The van der Waals surface area contributed by atoms with Crippen LogP contribution in [0.15, 0.2) is 18.5 Å². The first-order valence-electron chi connectivity index (χ1n) is 4.27. The lowest BCUT2D eigenvalue weighted by molar-refractivity contribution is 0.417. The van der Waals surface area contributed by atoms with E-state index in [0.717, 1.165) is 16.6 Å². The zero-order valence-corrected chi connectivity index (χ0v) is 8.11. The molecule has 0 spiro atoms. The lowest BCUT2D eigenvalue weighted by Gasteiger charge is -2.06. The van der Waals surface area contributed by atoms with Crippen molar-refractivity contribution in [3.8, 4) is 5.75 Å². The van der Waals surface area contributed by atoms with Crippen molar-refractivity contribution in [2.45, 2.75) is 6.92 Å². The lowest BCUT2D eigenvalue weighted by Crippen LogP contribution is -1.95. The summed E-state index contributed by atoms with van der Waals surface area (Å²) in [6.45, 7) is 1.93. The Kier molecular flexibility index (Phi) is 1.96. The van der Waals surface area contributed by atoms with Gasteiger partial charge in [0.2, 0.25) is 0 Å². The Morgan fingerprint density at radius 1 is 1.29 bits per heavy atom. The molecule has 2 aromatic rings. The molecule has 0 atom stereocenters. The molecule has 1 heterocycles. The SMILES string of the molecule is COc1cc2c(C)ncnc2cc1N. The summed E-state index contributed by atoms with van der Waals surface area (Å²) < 4.78 is 5.13. The minimum absolute atomic E-state index is 0.595. The number of benzene rings is 1. The second-order valence-corrected chi connectivity index (χ2v) is 3.07. The van der Waals surface area contributed by atoms with Crippen LogP contribution in [0.3, 0.4) is 0 Å². The number of aryl methyl sites for hydroxylation is 1. The first-order valence-corrected chi connectivity index (χ1v) is 4.27. The Labute approximate surface area is 81.7 Å². The highest BCUT2D eigenvalue weighted by atomic mass is 16.5. The third-order valence-corrected chi connectivity index (χ3v) is 2.19. The van der Waals surface area contributed by atoms with Gasteiger partial charge in [0, 0.05) is 11.1 Å². The van der Waals surface area contributed by atoms with Gasteiger partial charge in [0.05, 0.1) is 18.3 Å². The average Bonchev–Trinajstić information content (AvgIpc) is 2.17. The Hall–Kier alpha value is -1.84. The predicted molar refractivity (Wildman–Crippen MR) is 55.2 cm³/mol. The number of ether oxygens (including phenoxy) is 1. The molecule has 72 valence electrons. The van der Waals surface area contributed by atoms with Crippen molar-refractivity contribution >= 4 is 16.6 Å². The highest BCUT2D eigenvalue weighted by Crippen LogP contribution is 2.27. The number of hydrogen-bond acceptors (Lipinski definition) is 4. The normalized spacial score (nSPS) is 10.4. The average molecular weight is 189 g/mol. The summed E-state index contributed by atoms with van der Waals surface area (Å²) in [6.07, 6.45) is 1.53. The smallest absolute Gasteiger partial charge is 0.142 e. The van der Waals surface area contributed by atoms with Crippen molar-refractivity contribution in [1.29, 1.82) is 0 Å². The minimum Gasteiger partial charge on any atom is -0.495 e. The van der Waals surface area contributed by atoms with Gasteiger partial charge in [0.1, 0.15) is 12.1 Å². The van der Waals surface area contributed by atoms with Gasteiger partial charge in [-0.05, 0) is 19.1 Å². The van der Waals surface area contributed by atoms with Gasteiger partial charge in [0.15, 0.2) is 0 Å². The molecule has 0 amide bonds. The molecule has 0 saturated carbocycles. The van der Waals surface area contributed by atoms with E-state index in [1.807, 2.05) is 13.0 Å².